The minimum Gasteiger partial charge on any atom is -0.359 e. The summed E-state index contributed by atoms with van der Waals surface area (Å²) in [6.45, 7) is 2.40. The first-order chi connectivity index (χ1) is 10.2. The van der Waals surface area contributed by atoms with Gasteiger partial charge in [0.05, 0.1) is 6.04 Å². The van der Waals surface area contributed by atoms with Crippen LogP contribution in [0.2, 0.25) is 0 Å². The molecule has 2 aliphatic carbocycles. The van der Waals surface area contributed by atoms with E-state index in [1.54, 1.807) is 0 Å². The monoisotopic (exact) mass is 300 g/mol. The van der Waals surface area contributed by atoms with Crippen LogP contribution in [-0.2, 0) is 0 Å². The maximum absolute atomic E-state index is 4.99. The Bertz CT molecular complexity index is 541. The van der Waals surface area contributed by atoms with Gasteiger partial charge in [-0.3, -0.25) is 4.99 Å². The summed E-state index contributed by atoms with van der Waals surface area (Å²) in [7, 11) is 0. The van der Waals surface area contributed by atoms with Crippen molar-refractivity contribution < 1.29 is 0 Å². The quantitative estimate of drug-likeness (QED) is 0.886. The molecule has 112 valence electrons. The van der Waals surface area contributed by atoms with Gasteiger partial charge in [-0.25, -0.2) is 0 Å². The van der Waals surface area contributed by atoms with Gasteiger partial charge in [-0.2, -0.15) is 0 Å². The Kier molecular flexibility index (Phi) is 3.49. The van der Waals surface area contributed by atoms with Gasteiger partial charge >= 0.3 is 0 Å². The molecule has 1 saturated heterocycles. The second-order valence-corrected chi connectivity index (χ2v) is 8.11. The van der Waals surface area contributed by atoms with E-state index in [4.69, 9.17) is 4.99 Å². The lowest BCUT2D eigenvalue weighted by Gasteiger charge is -2.36. The normalized spacial score (nSPS) is 40.4. The number of rotatable bonds is 2. The molecular weight excluding hydrogens is 276 g/mol. The van der Waals surface area contributed by atoms with Crippen molar-refractivity contribution in [2.45, 2.75) is 56.5 Å². The minimum absolute atomic E-state index is 0.359. The van der Waals surface area contributed by atoms with Crippen LogP contribution in [0.25, 0.3) is 0 Å². The fourth-order valence-electron chi connectivity index (χ4n) is 4.01. The van der Waals surface area contributed by atoms with Crippen LogP contribution in [0.4, 0.5) is 0 Å². The molecule has 0 radical (unpaired) electrons. The molecule has 4 unspecified atom stereocenters. The van der Waals surface area contributed by atoms with Crippen LogP contribution in [0.5, 0.6) is 0 Å². The number of hydrogen-bond donors (Lipinski definition) is 1. The zero-order valence-electron chi connectivity index (χ0n) is 12.7. The van der Waals surface area contributed by atoms with Crippen molar-refractivity contribution >= 4 is 16.9 Å². The van der Waals surface area contributed by atoms with Crippen LogP contribution >= 0.6 is 11.8 Å². The van der Waals surface area contributed by atoms with Crippen molar-refractivity contribution in [3.05, 3.63) is 35.9 Å². The lowest BCUT2D eigenvalue weighted by Crippen LogP contribution is -2.47. The highest BCUT2D eigenvalue weighted by atomic mass is 32.2. The third-order valence-corrected chi connectivity index (χ3v) is 6.39. The molecule has 3 aliphatic rings. The Balaban J connectivity index is 1.40. The zero-order valence-corrected chi connectivity index (χ0v) is 13.5. The summed E-state index contributed by atoms with van der Waals surface area (Å²) < 4.78 is 0. The molecule has 1 aromatic rings. The molecule has 0 aromatic heterocycles. The van der Waals surface area contributed by atoms with E-state index in [-0.39, 0.29) is 0 Å². The van der Waals surface area contributed by atoms with Crippen molar-refractivity contribution in [1.82, 2.24) is 5.32 Å². The second-order valence-electron chi connectivity index (χ2n) is 7.15. The number of amidine groups is 1. The maximum atomic E-state index is 4.99. The van der Waals surface area contributed by atoms with Gasteiger partial charge < -0.3 is 5.32 Å². The van der Waals surface area contributed by atoms with Gasteiger partial charge in [0.15, 0.2) is 5.17 Å². The van der Waals surface area contributed by atoms with Gasteiger partial charge in [0, 0.05) is 17.2 Å². The third kappa shape index (κ3) is 2.85. The maximum Gasteiger partial charge on any atom is 0.157 e. The lowest BCUT2D eigenvalue weighted by molar-refractivity contribution is 0.242. The Hall–Kier alpha value is -0.960. The summed E-state index contributed by atoms with van der Waals surface area (Å²) in [5, 5.41) is 5.01. The van der Waals surface area contributed by atoms with Crippen LogP contribution in [-0.4, -0.2) is 22.5 Å². The van der Waals surface area contributed by atoms with Crippen LogP contribution in [0, 0.1) is 5.92 Å². The molecule has 1 heterocycles. The summed E-state index contributed by atoms with van der Waals surface area (Å²) >= 11 is 1.95. The van der Waals surface area contributed by atoms with Gasteiger partial charge in [0.2, 0.25) is 0 Å². The number of benzene rings is 1. The standard InChI is InChI=1S/C18H24N2S/c1-13-6-5-9-18(11-13)12-21-17(20-18)19-16-10-15(16)14-7-3-2-4-8-14/h2-4,7-8,13,15-16H,5-6,9-12H2,1H3,(H,19,20). The van der Waals surface area contributed by atoms with Crippen molar-refractivity contribution in [3.63, 3.8) is 0 Å². The molecular formula is C18H24N2S. The molecule has 1 aliphatic heterocycles. The van der Waals surface area contributed by atoms with Crippen molar-refractivity contribution in [2.75, 3.05) is 5.75 Å². The Labute approximate surface area is 131 Å². The summed E-state index contributed by atoms with van der Waals surface area (Å²) in [6, 6.07) is 11.4. The summed E-state index contributed by atoms with van der Waals surface area (Å²) in [5.41, 5.74) is 1.81. The lowest BCUT2D eigenvalue weighted by atomic mass is 9.78. The molecule has 0 amide bonds. The SMILES string of the molecule is CC1CCCC2(CSC(=NC3CC3c3ccccc3)N2)C1. The smallest absolute Gasteiger partial charge is 0.157 e. The average Bonchev–Trinajstić information content (AvgIpc) is 3.15. The van der Waals surface area contributed by atoms with Gasteiger partial charge in [0.1, 0.15) is 0 Å². The molecule has 4 rings (SSSR count). The fourth-order valence-corrected chi connectivity index (χ4v) is 5.26. The highest BCUT2D eigenvalue weighted by molar-refractivity contribution is 8.14. The van der Waals surface area contributed by atoms with Crippen LogP contribution in [0.1, 0.15) is 50.5 Å². The molecule has 0 bridgehead atoms. The topological polar surface area (TPSA) is 24.4 Å². The van der Waals surface area contributed by atoms with Crippen molar-refractivity contribution in [3.8, 4) is 0 Å². The molecule has 3 fully saturated rings. The molecule has 4 atom stereocenters. The molecule has 1 N–H and O–H groups in total. The number of hydrogen-bond acceptors (Lipinski definition) is 2. The van der Waals surface area contributed by atoms with Gasteiger partial charge in [-0.15, -0.1) is 0 Å². The van der Waals surface area contributed by atoms with Gasteiger partial charge in [-0.1, -0.05) is 61.9 Å². The first-order valence-electron chi connectivity index (χ1n) is 8.28. The Morgan fingerprint density at radius 3 is 2.95 bits per heavy atom. The van der Waals surface area contributed by atoms with Crippen LogP contribution in [0.3, 0.4) is 0 Å². The van der Waals surface area contributed by atoms with E-state index >= 15 is 0 Å². The van der Waals surface area contributed by atoms with E-state index in [9.17, 15) is 0 Å². The van der Waals surface area contributed by atoms with E-state index in [0.29, 0.717) is 17.5 Å². The van der Waals surface area contributed by atoms with E-state index in [1.165, 1.54) is 48.6 Å². The number of nitrogens with zero attached hydrogens (tertiary/aromatic N) is 1. The average molecular weight is 300 g/mol. The molecule has 1 spiro atoms. The predicted molar refractivity (Wildman–Crippen MR) is 91.0 cm³/mol. The largest absolute Gasteiger partial charge is 0.359 e. The highest BCUT2D eigenvalue weighted by Crippen LogP contribution is 2.45. The first-order valence-corrected chi connectivity index (χ1v) is 9.26. The first kappa shape index (κ1) is 13.7. The van der Waals surface area contributed by atoms with Crippen LogP contribution < -0.4 is 5.32 Å². The Morgan fingerprint density at radius 1 is 1.29 bits per heavy atom. The Morgan fingerprint density at radius 2 is 2.14 bits per heavy atom. The van der Waals surface area contributed by atoms with E-state index in [1.807, 2.05) is 11.8 Å². The van der Waals surface area contributed by atoms with Gasteiger partial charge in [0.25, 0.3) is 0 Å². The number of nitrogens with one attached hydrogen (secondary N) is 1. The van der Waals surface area contributed by atoms with Crippen LogP contribution in [0.15, 0.2) is 35.3 Å². The summed E-state index contributed by atoms with van der Waals surface area (Å²) in [5.74, 6) is 2.74. The predicted octanol–water partition coefficient (Wildman–Crippen LogP) is 4.18. The van der Waals surface area contributed by atoms with E-state index < -0.39 is 0 Å². The highest BCUT2D eigenvalue weighted by Gasteiger charge is 2.43. The number of thioether (sulfide) groups is 1. The molecule has 1 aromatic carbocycles. The summed E-state index contributed by atoms with van der Waals surface area (Å²) in [6.07, 6.45) is 6.65. The minimum atomic E-state index is 0.359. The molecule has 2 saturated carbocycles. The van der Waals surface area contributed by atoms with Crippen molar-refractivity contribution in [2.24, 2.45) is 10.9 Å². The van der Waals surface area contributed by atoms with E-state index in [0.717, 1.165) is 5.92 Å². The molecule has 2 nitrogen and oxygen atoms in total. The van der Waals surface area contributed by atoms with Crippen molar-refractivity contribution in [1.29, 1.82) is 0 Å². The third-order valence-electron chi connectivity index (χ3n) is 5.22. The second kappa shape index (κ2) is 5.35. The van der Waals surface area contributed by atoms with E-state index in [2.05, 4.69) is 42.6 Å². The zero-order chi connectivity index (χ0) is 14.3. The summed E-state index contributed by atoms with van der Waals surface area (Å²) in [4.78, 5) is 4.99. The van der Waals surface area contributed by atoms with Gasteiger partial charge in [-0.05, 0) is 30.7 Å². The fraction of sp³-hybridized carbons (Fsp3) is 0.611. The molecule has 21 heavy (non-hydrogen) atoms. The molecule has 3 heteroatoms. The number of aliphatic imine (C=N–C) groups is 1.